The Balaban J connectivity index is 2.57. The van der Waals surface area contributed by atoms with Crippen molar-refractivity contribution >= 4 is 0 Å². The standard InChI is InChI=1S/C15H25NO4/c1-5-19-13(20-6-2)10-16-9-12-8-7-11(3)15(18-4)14(12)17/h7-8,13,16-17H,5-6,9-10H2,1-4H3. The first-order valence-corrected chi connectivity index (χ1v) is 6.93. The highest BCUT2D eigenvalue weighted by atomic mass is 16.7. The Bertz CT molecular complexity index is 403. The molecule has 5 nitrogen and oxygen atoms in total. The van der Waals surface area contributed by atoms with Crippen molar-refractivity contribution in [1.82, 2.24) is 5.32 Å². The fourth-order valence-electron chi connectivity index (χ4n) is 1.98. The van der Waals surface area contributed by atoms with Gasteiger partial charge in [-0.15, -0.1) is 0 Å². The molecule has 0 fully saturated rings. The minimum Gasteiger partial charge on any atom is -0.504 e. The number of aromatic hydroxyl groups is 1. The Kier molecular flexibility index (Phi) is 7.36. The van der Waals surface area contributed by atoms with Crippen LogP contribution in [0.4, 0.5) is 0 Å². The number of nitrogens with one attached hydrogen (secondary N) is 1. The number of aryl methyl sites for hydroxylation is 1. The molecule has 1 aromatic rings. The molecule has 1 aromatic carbocycles. The predicted octanol–water partition coefficient (Wildman–Crippen LogP) is 2.20. The Hall–Kier alpha value is -1.30. The van der Waals surface area contributed by atoms with Gasteiger partial charge in [-0.2, -0.15) is 0 Å². The van der Waals surface area contributed by atoms with E-state index in [-0.39, 0.29) is 12.0 Å². The topological polar surface area (TPSA) is 60.0 Å². The van der Waals surface area contributed by atoms with Gasteiger partial charge in [0, 0.05) is 31.9 Å². The van der Waals surface area contributed by atoms with Crippen LogP contribution in [-0.2, 0) is 16.0 Å². The zero-order valence-electron chi connectivity index (χ0n) is 12.7. The zero-order valence-corrected chi connectivity index (χ0v) is 12.7. The lowest BCUT2D eigenvalue weighted by Gasteiger charge is -2.18. The molecule has 0 saturated heterocycles. The molecule has 0 atom stereocenters. The Morgan fingerprint density at radius 2 is 1.85 bits per heavy atom. The highest BCUT2D eigenvalue weighted by Crippen LogP contribution is 2.32. The number of benzene rings is 1. The first-order valence-electron chi connectivity index (χ1n) is 6.93. The molecule has 5 heteroatoms. The lowest BCUT2D eigenvalue weighted by molar-refractivity contribution is -0.133. The average molecular weight is 283 g/mol. The van der Waals surface area contributed by atoms with Gasteiger partial charge in [-0.25, -0.2) is 0 Å². The quantitative estimate of drug-likeness (QED) is 0.680. The van der Waals surface area contributed by atoms with Gasteiger partial charge in [0.05, 0.1) is 7.11 Å². The molecular weight excluding hydrogens is 258 g/mol. The Morgan fingerprint density at radius 1 is 1.20 bits per heavy atom. The third-order valence-electron chi connectivity index (χ3n) is 2.95. The summed E-state index contributed by atoms with van der Waals surface area (Å²) in [5, 5.41) is 13.3. The van der Waals surface area contributed by atoms with Crippen LogP contribution in [-0.4, -0.2) is 38.3 Å². The van der Waals surface area contributed by atoms with E-state index in [1.54, 1.807) is 7.11 Å². The monoisotopic (exact) mass is 283 g/mol. The van der Waals surface area contributed by atoms with E-state index in [1.807, 2.05) is 32.9 Å². The lowest BCUT2D eigenvalue weighted by Crippen LogP contribution is -2.31. The second-order valence-corrected chi connectivity index (χ2v) is 4.39. The van der Waals surface area contributed by atoms with E-state index in [9.17, 15) is 5.11 Å². The first-order chi connectivity index (χ1) is 9.63. The third-order valence-corrected chi connectivity index (χ3v) is 2.95. The first kappa shape index (κ1) is 16.8. The maximum atomic E-state index is 10.1. The molecule has 114 valence electrons. The molecule has 0 saturated carbocycles. The highest BCUT2D eigenvalue weighted by molar-refractivity contribution is 5.50. The van der Waals surface area contributed by atoms with Gasteiger partial charge in [0.15, 0.2) is 17.8 Å². The maximum absolute atomic E-state index is 10.1. The van der Waals surface area contributed by atoms with E-state index in [1.165, 1.54) is 0 Å². The van der Waals surface area contributed by atoms with Crippen LogP contribution in [0.25, 0.3) is 0 Å². The molecule has 0 aliphatic heterocycles. The zero-order chi connectivity index (χ0) is 15.0. The molecule has 0 aliphatic carbocycles. The number of rotatable bonds is 9. The van der Waals surface area contributed by atoms with Gasteiger partial charge < -0.3 is 24.6 Å². The number of phenols is 1. The summed E-state index contributed by atoms with van der Waals surface area (Å²) in [5.41, 5.74) is 1.70. The van der Waals surface area contributed by atoms with Crippen LogP contribution in [0.1, 0.15) is 25.0 Å². The molecular formula is C15H25NO4. The van der Waals surface area contributed by atoms with Gasteiger partial charge in [-0.05, 0) is 26.3 Å². The summed E-state index contributed by atoms with van der Waals surface area (Å²) in [4.78, 5) is 0. The summed E-state index contributed by atoms with van der Waals surface area (Å²) in [7, 11) is 1.56. The summed E-state index contributed by atoms with van der Waals surface area (Å²) >= 11 is 0. The van der Waals surface area contributed by atoms with Crippen molar-refractivity contribution < 1.29 is 19.3 Å². The second-order valence-electron chi connectivity index (χ2n) is 4.39. The number of phenolic OH excluding ortho intramolecular Hbond substituents is 1. The summed E-state index contributed by atoms with van der Waals surface area (Å²) in [6.45, 7) is 8.07. The van der Waals surface area contributed by atoms with Gasteiger partial charge >= 0.3 is 0 Å². The van der Waals surface area contributed by atoms with Crippen molar-refractivity contribution in [2.45, 2.75) is 33.6 Å². The molecule has 0 spiro atoms. The molecule has 0 bridgehead atoms. The van der Waals surface area contributed by atoms with Gasteiger partial charge in [0.25, 0.3) is 0 Å². The van der Waals surface area contributed by atoms with Crippen LogP contribution in [0.2, 0.25) is 0 Å². The summed E-state index contributed by atoms with van der Waals surface area (Å²) in [6.07, 6.45) is -0.264. The van der Waals surface area contributed by atoms with E-state index in [4.69, 9.17) is 14.2 Å². The van der Waals surface area contributed by atoms with Crippen molar-refractivity contribution in [2.75, 3.05) is 26.9 Å². The number of hydrogen-bond acceptors (Lipinski definition) is 5. The van der Waals surface area contributed by atoms with Crippen molar-refractivity contribution in [3.05, 3.63) is 23.3 Å². The fourth-order valence-corrected chi connectivity index (χ4v) is 1.98. The van der Waals surface area contributed by atoms with Crippen molar-refractivity contribution in [1.29, 1.82) is 0 Å². The van der Waals surface area contributed by atoms with Crippen LogP contribution in [0.15, 0.2) is 12.1 Å². The number of ether oxygens (including phenoxy) is 3. The normalized spacial score (nSPS) is 11.1. The van der Waals surface area contributed by atoms with Gasteiger partial charge in [0.1, 0.15) is 0 Å². The van der Waals surface area contributed by atoms with E-state index >= 15 is 0 Å². The van der Waals surface area contributed by atoms with Crippen LogP contribution < -0.4 is 10.1 Å². The van der Waals surface area contributed by atoms with Crippen LogP contribution in [0.5, 0.6) is 11.5 Å². The number of methoxy groups -OCH3 is 1. The van der Waals surface area contributed by atoms with Gasteiger partial charge in [0.2, 0.25) is 0 Å². The molecule has 2 N–H and O–H groups in total. The van der Waals surface area contributed by atoms with E-state index in [0.717, 1.165) is 11.1 Å². The lowest BCUT2D eigenvalue weighted by atomic mass is 10.1. The van der Waals surface area contributed by atoms with Gasteiger partial charge in [-0.1, -0.05) is 12.1 Å². The Labute approximate surface area is 120 Å². The molecule has 0 unspecified atom stereocenters. The van der Waals surface area contributed by atoms with E-state index in [2.05, 4.69) is 5.32 Å². The minimum atomic E-state index is -0.264. The van der Waals surface area contributed by atoms with Crippen LogP contribution >= 0.6 is 0 Å². The summed E-state index contributed by atoms with van der Waals surface area (Å²) < 4.78 is 16.1. The number of hydrogen-bond donors (Lipinski definition) is 2. The highest BCUT2D eigenvalue weighted by Gasteiger charge is 2.12. The average Bonchev–Trinajstić information content (AvgIpc) is 2.42. The molecule has 0 radical (unpaired) electrons. The smallest absolute Gasteiger partial charge is 0.169 e. The van der Waals surface area contributed by atoms with Crippen molar-refractivity contribution in [3.8, 4) is 11.5 Å². The van der Waals surface area contributed by atoms with E-state index in [0.29, 0.717) is 32.1 Å². The van der Waals surface area contributed by atoms with Crippen molar-refractivity contribution in [3.63, 3.8) is 0 Å². The molecule has 0 amide bonds. The van der Waals surface area contributed by atoms with Crippen LogP contribution in [0.3, 0.4) is 0 Å². The summed E-state index contributed by atoms with van der Waals surface area (Å²) in [5.74, 6) is 0.708. The molecule has 1 rings (SSSR count). The fraction of sp³-hybridized carbons (Fsp3) is 0.600. The third kappa shape index (κ3) is 4.67. The molecule has 0 aromatic heterocycles. The second kappa shape index (κ2) is 8.79. The SMILES string of the molecule is CCOC(CNCc1ccc(C)c(OC)c1O)OCC. The molecule has 0 aliphatic rings. The van der Waals surface area contributed by atoms with Gasteiger partial charge in [-0.3, -0.25) is 0 Å². The molecule has 0 heterocycles. The Morgan fingerprint density at radius 3 is 2.40 bits per heavy atom. The largest absolute Gasteiger partial charge is 0.504 e. The minimum absolute atomic E-state index is 0.185. The maximum Gasteiger partial charge on any atom is 0.169 e. The molecule has 20 heavy (non-hydrogen) atoms. The van der Waals surface area contributed by atoms with Crippen molar-refractivity contribution in [2.24, 2.45) is 0 Å². The summed E-state index contributed by atoms with van der Waals surface area (Å²) in [6, 6.07) is 3.81. The van der Waals surface area contributed by atoms with Crippen LogP contribution in [0, 0.1) is 6.92 Å². The van der Waals surface area contributed by atoms with E-state index < -0.39 is 0 Å². The predicted molar refractivity (Wildman–Crippen MR) is 78.1 cm³/mol.